The molecule has 0 spiro atoms. The van der Waals surface area contributed by atoms with Crippen molar-refractivity contribution in [1.82, 2.24) is 4.98 Å². The Balaban J connectivity index is 2.36. The first-order valence-electron chi connectivity index (χ1n) is 3.60. The smallest absolute Gasteiger partial charge is 0.238 e. The summed E-state index contributed by atoms with van der Waals surface area (Å²) < 4.78 is 0. The van der Waals surface area contributed by atoms with E-state index >= 15 is 0 Å². The number of aromatic nitrogens is 1. The number of nitrogens with zero attached hydrogens (tertiary/aromatic N) is 1. The summed E-state index contributed by atoms with van der Waals surface area (Å²) in [5.41, 5.74) is 1.24. The van der Waals surface area contributed by atoms with Crippen molar-refractivity contribution in [1.29, 1.82) is 0 Å². The number of hydrogen-bond acceptors (Lipinski definition) is 1. The van der Waals surface area contributed by atoms with Crippen LogP contribution in [0.2, 0.25) is 0 Å². The van der Waals surface area contributed by atoms with E-state index in [1.807, 2.05) is 24.5 Å². The van der Waals surface area contributed by atoms with Crippen molar-refractivity contribution >= 4 is 12.0 Å². The fourth-order valence-corrected chi connectivity index (χ4v) is 1.17. The first-order chi connectivity index (χ1) is 5.38. The minimum Gasteiger partial charge on any atom is -0.315 e. The normalized spacial score (nSPS) is 21.4. The summed E-state index contributed by atoms with van der Waals surface area (Å²) in [6.07, 6.45) is 7.67. The molecule has 2 N–H and O–H groups in total. The lowest BCUT2D eigenvalue weighted by Crippen LogP contribution is -2.96. The van der Waals surface area contributed by atoms with Gasteiger partial charge in [0.2, 0.25) is 5.82 Å². The van der Waals surface area contributed by atoms with Gasteiger partial charge in [0, 0.05) is 17.8 Å². The Kier molecular flexibility index (Phi) is 1.36. The van der Waals surface area contributed by atoms with Gasteiger partial charge in [-0.1, -0.05) is 5.10 Å². The summed E-state index contributed by atoms with van der Waals surface area (Å²) in [6, 6.07) is 2.05. The van der Waals surface area contributed by atoms with Gasteiger partial charge in [-0.15, -0.1) is 5.01 Å². The zero-order chi connectivity index (χ0) is 7.68. The lowest BCUT2D eigenvalue weighted by Gasteiger charge is -2.00. The molecule has 2 rings (SSSR count). The van der Waals surface area contributed by atoms with E-state index in [0.717, 1.165) is 10.8 Å². The van der Waals surface area contributed by atoms with Crippen molar-refractivity contribution in [2.24, 2.45) is 5.10 Å². The van der Waals surface area contributed by atoms with Crippen LogP contribution in [0.15, 0.2) is 29.6 Å². The molecule has 3 heteroatoms. The molecule has 1 unspecified atom stereocenters. The zero-order valence-corrected chi connectivity index (χ0v) is 6.33. The monoisotopic (exact) mass is 148 g/mol. The molecular weight excluding hydrogens is 138 g/mol. The number of allylic oxidation sites excluding steroid dienone is 1. The van der Waals surface area contributed by atoms with Crippen LogP contribution in [0.1, 0.15) is 5.56 Å². The highest BCUT2D eigenvalue weighted by atomic mass is 15.5. The average molecular weight is 148 g/mol. The Morgan fingerprint density at radius 1 is 1.55 bits per heavy atom. The summed E-state index contributed by atoms with van der Waals surface area (Å²) >= 11 is 0. The van der Waals surface area contributed by atoms with Crippen LogP contribution in [0.5, 0.6) is 0 Å². The van der Waals surface area contributed by atoms with E-state index in [4.69, 9.17) is 0 Å². The Morgan fingerprint density at radius 3 is 3.00 bits per heavy atom. The van der Waals surface area contributed by atoms with Gasteiger partial charge in [-0.2, -0.15) is 0 Å². The Hall–Kier alpha value is -1.35. The van der Waals surface area contributed by atoms with Crippen LogP contribution in [0.3, 0.4) is 0 Å². The molecule has 0 radical (unpaired) electrons. The fraction of sp³-hybridized carbons (Fsp3) is 0.125. The minimum absolute atomic E-state index is 1.02. The molecule has 3 nitrogen and oxygen atoms in total. The third-order valence-corrected chi connectivity index (χ3v) is 1.77. The van der Waals surface area contributed by atoms with E-state index in [1.54, 1.807) is 6.21 Å². The topological polar surface area (TPSA) is 32.6 Å². The molecule has 1 aromatic rings. The number of nitrogens with one attached hydrogen (secondary N) is 2. The highest BCUT2D eigenvalue weighted by Crippen LogP contribution is 2.05. The van der Waals surface area contributed by atoms with Crippen molar-refractivity contribution in [3.63, 3.8) is 0 Å². The van der Waals surface area contributed by atoms with E-state index in [9.17, 15) is 0 Å². The third-order valence-electron chi connectivity index (χ3n) is 1.77. The van der Waals surface area contributed by atoms with Gasteiger partial charge < -0.3 is 4.98 Å². The molecule has 0 bridgehead atoms. The SMILES string of the molecule is Cc1cc[nH]c1[NH+]1C=CC=N1. The van der Waals surface area contributed by atoms with Crippen molar-refractivity contribution in [2.75, 3.05) is 0 Å². The van der Waals surface area contributed by atoms with Gasteiger partial charge in [0.25, 0.3) is 0 Å². The summed E-state index contributed by atoms with van der Waals surface area (Å²) in [5.74, 6) is 1.12. The van der Waals surface area contributed by atoms with Crippen molar-refractivity contribution in [3.05, 3.63) is 30.1 Å². The average Bonchev–Trinajstić information content (AvgIpc) is 2.55. The molecule has 1 aromatic heterocycles. The van der Waals surface area contributed by atoms with Gasteiger partial charge in [0.15, 0.2) is 0 Å². The number of H-pyrrole nitrogens is 1. The molecule has 2 heterocycles. The maximum absolute atomic E-state index is 4.19. The number of quaternary nitrogens is 1. The van der Waals surface area contributed by atoms with Gasteiger partial charge in [0.05, 0.1) is 6.21 Å². The Labute approximate surface area is 65.0 Å². The fourth-order valence-electron chi connectivity index (χ4n) is 1.17. The summed E-state index contributed by atoms with van der Waals surface area (Å²) in [6.45, 7) is 2.07. The summed E-state index contributed by atoms with van der Waals surface area (Å²) in [7, 11) is 0. The highest BCUT2D eigenvalue weighted by molar-refractivity contribution is 5.71. The second kappa shape index (κ2) is 2.36. The Bertz CT molecular complexity index is 297. The second-order valence-electron chi connectivity index (χ2n) is 2.56. The van der Waals surface area contributed by atoms with Crippen LogP contribution in [0.4, 0.5) is 5.82 Å². The molecule has 1 aliphatic heterocycles. The molecule has 1 atom stereocenters. The lowest BCUT2D eigenvalue weighted by atomic mass is 10.3. The molecule has 0 amide bonds. The van der Waals surface area contributed by atoms with Gasteiger partial charge in [-0.25, -0.2) is 0 Å². The second-order valence-corrected chi connectivity index (χ2v) is 2.56. The quantitative estimate of drug-likeness (QED) is 0.576. The third kappa shape index (κ3) is 0.991. The van der Waals surface area contributed by atoms with Crippen LogP contribution >= 0.6 is 0 Å². The van der Waals surface area contributed by atoms with Crippen LogP contribution in [0, 0.1) is 6.92 Å². The zero-order valence-electron chi connectivity index (χ0n) is 6.33. The molecule has 0 saturated carbocycles. The molecule has 1 aliphatic rings. The van der Waals surface area contributed by atoms with Crippen molar-refractivity contribution in [3.8, 4) is 0 Å². The number of aryl methyl sites for hydroxylation is 1. The van der Waals surface area contributed by atoms with E-state index in [2.05, 4.69) is 17.0 Å². The van der Waals surface area contributed by atoms with E-state index < -0.39 is 0 Å². The van der Waals surface area contributed by atoms with Gasteiger partial charge in [0.1, 0.15) is 6.20 Å². The number of rotatable bonds is 1. The highest BCUT2D eigenvalue weighted by Gasteiger charge is 2.13. The first-order valence-corrected chi connectivity index (χ1v) is 3.60. The van der Waals surface area contributed by atoms with Gasteiger partial charge in [-0.3, -0.25) is 0 Å². The lowest BCUT2D eigenvalue weighted by molar-refractivity contribution is -0.782. The van der Waals surface area contributed by atoms with Gasteiger partial charge in [-0.05, 0) is 13.0 Å². The van der Waals surface area contributed by atoms with Crippen LogP contribution < -0.4 is 5.01 Å². The predicted molar refractivity (Wildman–Crippen MR) is 43.8 cm³/mol. The maximum Gasteiger partial charge on any atom is 0.238 e. The standard InChI is InChI=1S/C8H9N3/c1-7-3-5-9-8(7)11-6-2-4-10-11/h2-6,9H,1H3/p+1. The molecule has 11 heavy (non-hydrogen) atoms. The molecule has 0 saturated heterocycles. The molecule has 0 aromatic carbocycles. The van der Waals surface area contributed by atoms with Crippen molar-refractivity contribution < 1.29 is 5.01 Å². The van der Waals surface area contributed by atoms with Crippen LogP contribution in [0.25, 0.3) is 0 Å². The Morgan fingerprint density at radius 2 is 2.45 bits per heavy atom. The molecule has 0 aliphatic carbocycles. The van der Waals surface area contributed by atoms with Crippen LogP contribution in [-0.4, -0.2) is 11.2 Å². The number of aromatic amines is 1. The number of hydrogen-bond donors (Lipinski definition) is 2. The van der Waals surface area contributed by atoms with Gasteiger partial charge >= 0.3 is 0 Å². The summed E-state index contributed by atoms with van der Waals surface area (Å²) in [5, 5.41) is 5.21. The van der Waals surface area contributed by atoms with Crippen molar-refractivity contribution in [2.45, 2.75) is 6.92 Å². The summed E-state index contributed by atoms with van der Waals surface area (Å²) in [4.78, 5) is 3.15. The van der Waals surface area contributed by atoms with E-state index in [1.165, 1.54) is 5.56 Å². The molecule has 0 fully saturated rings. The van der Waals surface area contributed by atoms with E-state index in [-0.39, 0.29) is 0 Å². The van der Waals surface area contributed by atoms with Crippen LogP contribution in [-0.2, 0) is 0 Å². The maximum atomic E-state index is 4.19. The minimum atomic E-state index is 1.02. The predicted octanol–water partition coefficient (Wildman–Crippen LogP) is 0.353. The first kappa shape index (κ1) is 6.37. The van der Waals surface area contributed by atoms with E-state index in [0.29, 0.717) is 0 Å². The molecular formula is C8H10N3+. The molecule has 56 valence electrons. The largest absolute Gasteiger partial charge is 0.315 e.